The summed E-state index contributed by atoms with van der Waals surface area (Å²) in [5.74, 6) is 0.898. The summed E-state index contributed by atoms with van der Waals surface area (Å²) < 4.78 is 2.16. The van der Waals surface area contributed by atoms with E-state index in [1.807, 2.05) is 18.2 Å². The highest BCUT2D eigenvalue weighted by Gasteiger charge is 2.11. The van der Waals surface area contributed by atoms with E-state index in [0.29, 0.717) is 0 Å². The van der Waals surface area contributed by atoms with Crippen molar-refractivity contribution in [3.63, 3.8) is 0 Å². The van der Waals surface area contributed by atoms with Crippen molar-refractivity contribution < 1.29 is 0 Å². The van der Waals surface area contributed by atoms with Gasteiger partial charge in [-0.05, 0) is 43.7 Å². The van der Waals surface area contributed by atoms with Crippen molar-refractivity contribution in [1.82, 2.24) is 9.55 Å². The average molecular weight is 251 g/mol. The topological polar surface area (TPSA) is 29.9 Å². The predicted octanol–water partition coefficient (Wildman–Crippen LogP) is 3.77. The first-order valence-corrected chi connectivity index (χ1v) is 6.58. The molecule has 19 heavy (non-hydrogen) atoms. The van der Waals surface area contributed by atoms with Crippen molar-refractivity contribution in [1.29, 1.82) is 0 Å². The van der Waals surface area contributed by atoms with Crippen LogP contribution in [-0.4, -0.2) is 16.1 Å². The molecule has 0 bridgehead atoms. The molecule has 1 aromatic heterocycles. The molecule has 1 N–H and O–H groups in total. The third kappa shape index (κ3) is 2.08. The van der Waals surface area contributed by atoms with Crippen molar-refractivity contribution in [3.05, 3.63) is 54.1 Å². The minimum Gasteiger partial charge on any atom is -0.356 e. The smallest absolute Gasteiger partial charge is 0.208 e. The zero-order valence-corrected chi connectivity index (χ0v) is 11.2. The third-order valence-electron chi connectivity index (χ3n) is 3.16. The van der Waals surface area contributed by atoms with Gasteiger partial charge in [-0.15, -0.1) is 0 Å². The Morgan fingerprint density at radius 2 is 1.89 bits per heavy atom. The molecule has 96 valence electrons. The van der Waals surface area contributed by atoms with E-state index in [-0.39, 0.29) is 0 Å². The van der Waals surface area contributed by atoms with Crippen molar-refractivity contribution in [2.45, 2.75) is 13.8 Å². The molecule has 0 unspecified atom stereocenters. The minimum atomic E-state index is 0.856. The summed E-state index contributed by atoms with van der Waals surface area (Å²) in [6, 6.07) is 16.7. The lowest BCUT2D eigenvalue weighted by Gasteiger charge is -2.09. The van der Waals surface area contributed by atoms with Crippen molar-refractivity contribution in [2.24, 2.45) is 0 Å². The summed E-state index contributed by atoms with van der Waals surface area (Å²) in [7, 11) is 0. The van der Waals surface area contributed by atoms with Gasteiger partial charge in [0.05, 0.1) is 11.0 Å². The van der Waals surface area contributed by atoms with Gasteiger partial charge in [-0.1, -0.05) is 24.3 Å². The van der Waals surface area contributed by atoms with Crippen molar-refractivity contribution >= 4 is 17.0 Å². The highest BCUT2D eigenvalue weighted by atomic mass is 15.2. The lowest BCUT2D eigenvalue weighted by atomic mass is 10.2. The fourth-order valence-corrected chi connectivity index (χ4v) is 2.31. The highest BCUT2D eigenvalue weighted by molar-refractivity contribution is 5.81. The van der Waals surface area contributed by atoms with Gasteiger partial charge < -0.3 is 5.32 Å². The predicted molar refractivity (Wildman–Crippen MR) is 80.0 cm³/mol. The van der Waals surface area contributed by atoms with E-state index in [4.69, 9.17) is 4.98 Å². The molecular formula is C16H17N3. The molecule has 2 aromatic carbocycles. The van der Waals surface area contributed by atoms with Gasteiger partial charge >= 0.3 is 0 Å². The molecule has 3 rings (SSSR count). The lowest BCUT2D eigenvalue weighted by molar-refractivity contribution is 1.04. The van der Waals surface area contributed by atoms with Gasteiger partial charge in [0.1, 0.15) is 0 Å². The van der Waals surface area contributed by atoms with Crippen molar-refractivity contribution in [2.75, 3.05) is 11.9 Å². The maximum atomic E-state index is 4.69. The molecule has 0 saturated heterocycles. The van der Waals surface area contributed by atoms with Crippen LogP contribution in [0.2, 0.25) is 0 Å². The number of para-hydroxylation sites is 1. The van der Waals surface area contributed by atoms with Gasteiger partial charge in [-0.2, -0.15) is 0 Å². The van der Waals surface area contributed by atoms with Gasteiger partial charge in [0.2, 0.25) is 5.95 Å². The zero-order chi connectivity index (χ0) is 13.2. The van der Waals surface area contributed by atoms with Gasteiger partial charge in [-0.25, -0.2) is 4.98 Å². The fourth-order valence-electron chi connectivity index (χ4n) is 2.31. The Bertz CT molecular complexity index is 699. The second-order valence-corrected chi connectivity index (χ2v) is 4.63. The Balaban J connectivity index is 2.28. The van der Waals surface area contributed by atoms with Crippen LogP contribution in [0.3, 0.4) is 0 Å². The molecule has 0 saturated carbocycles. The van der Waals surface area contributed by atoms with Gasteiger partial charge in [-0.3, -0.25) is 4.57 Å². The molecule has 3 aromatic rings. The second-order valence-electron chi connectivity index (χ2n) is 4.63. The summed E-state index contributed by atoms with van der Waals surface area (Å²) in [5.41, 5.74) is 4.52. The SMILES string of the molecule is CCNc1nc2cc(C)ccc2n1-c1ccccc1. The number of hydrogen-bond donors (Lipinski definition) is 1. The van der Waals surface area contributed by atoms with Gasteiger partial charge in [0, 0.05) is 12.2 Å². The average Bonchev–Trinajstić information content (AvgIpc) is 2.77. The Labute approximate surface area is 112 Å². The number of imidazole rings is 1. The summed E-state index contributed by atoms with van der Waals surface area (Å²) in [4.78, 5) is 4.69. The number of aromatic nitrogens is 2. The number of nitrogens with zero attached hydrogens (tertiary/aromatic N) is 2. The van der Waals surface area contributed by atoms with Crippen LogP contribution in [0.25, 0.3) is 16.7 Å². The van der Waals surface area contributed by atoms with Crippen LogP contribution in [0, 0.1) is 6.92 Å². The fraction of sp³-hybridized carbons (Fsp3) is 0.188. The van der Waals surface area contributed by atoms with E-state index in [2.05, 4.69) is 54.1 Å². The zero-order valence-electron chi connectivity index (χ0n) is 11.2. The number of nitrogens with one attached hydrogen (secondary N) is 1. The molecule has 1 heterocycles. The first-order valence-electron chi connectivity index (χ1n) is 6.58. The number of aryl methyl sites for hydroxylation is 1. The van der Waals surface area contributed by atoms with E-state index in [1.54, 1.807) is 0 Å². The number of anilines is 1. The van der Waals surface area contributed by atoms with Crippen LogP contribution in [0.15, 0.2) is 48.5 Å². The normalized spacial score (nSPS) is 10.8. The maximum absolute atomic E-state index is 4.69. The number of fused-ring (bicyclic) bond motifs is 1. The first-order chi connectivity index (χ1) is 9.29. The standard InChI is InChI=1S/C16H17N3/c1-3-17-16-18-14-11-12(2)9-10-15(14)19(16)13-7-5-4-6-8-13/h4-11H,3H2,1-2H3,(H,17,18). The molecule has 0 radical (unpaired) electrons. The van der Waals surface area contributed by atoms with Crippen LogP contribution in [0.4, 0.5) is 5.95 Å². The van der Waals surface area contributed by atoms with Crippen LogP contribution < -0.4 is 5.32 Å². The highest BCUT2D eigenvalue weighted by Crippen LogP contribution is 2.25. The van der Waals surface area contributed by atoms with E-state index in [1.165, 1.54) is 5.56 Å². The number of hydrogen-bond acceptors (Lipinski definition) is 2. The molecular weight excluding hydrogens is 234 g/mol. The third-order valence-corrected chi connectivity index (χ3v) is 3.16. The summed E-state index contributed by atoms with van der Waals surface area (Å²) in [5, 5.41) is 3.34. The Hall–Kier alpha value is -2.29. The largest absolute Gasteiger partial charge is 0.356 e. The molecule has 3 nitrogen and oxygen atoms in total. The molecule has 0 amide bonds. The molecule has 0 aliphatic carbocycles. The Morgan fingerprint density at radius 3 is 2.63 bits per heavy atom. The quantitative estimate of drug-likeness (QED) is 0.768. The summed E-state index contributed by atoms with van der Waals surface area (Å²) >= 11 is 0. The van der Waals surface area contributed by atoms with Gasteiger partial charge in [0.15, 0.2) is 0 Å². The molecule has 0 atom stereocenters. The summed E-state index contributed by atoms with van der Waals surface area (Å²) in [6.45, 7) is 5.03. The van der Waals surface area contributed by atoms with Crippen LogP contribution in [-0.2, 0) is 0 Å². The molecule has 0 aliphatic rings. The number of rotatable bonds is 3. The number of benzene rings is 2. The van der Waals surface area contributed by atoms with Crippen molar-refractivity contribution in [3.8, 4) is 5.69 Å². The monoisotopic (exact) mass is 251 g/mol. The van der Waals surface area contributed by atoms with Crippen LogP contribution in [0.5, 0.6) is 0 Å². The summed E-state index contributed by atoms with van der Waals surface area (Å²) in [6.07, 6.45) is 0. The minimum absolute atomic E-state index is 0.856. The van der Waals surface area contributed by atoms with Crippen LogP contribution in [0.1, 0.15) is 12.5 Å². The maximum Gasteiger partial charge on any atom is 0.208 e. The lowest BCUT2D eigenvalue weighted by Crippen LogP contribution is -2.05. The Morgan fingerprint density at radius 1 is 1.11 bits per heavy atom. The molecule has 0 spiro atoms. The molecule has 3 heteroatoms. The first kappa shape index (κ1) is 11.8. The second kappa shape index (κ2) is 4.76. The van der Waals surface area contributed by atoms with Gasteiger partial charge in [0.25, 0.3) is 0 Å². The Kier molecular flexibility index (Phi) is 2.95. The van der Waals surface area contributed by atoms with E-state index < -0.39 is 0 Å². The van der Waals surface area contributed by atoms with E-state index in [9.17, 15) is 0 Å². The van der Waals surface area contributed by atoms with E-state index in [0.717, 1.165) is 29.2 Å². The van der Waals surface area contributed by atoms with E-state index >= 15 is 0 Å². The van der Waals surface area contributed by atoms with Crippen LogP contribution >= 0.6 is 0 Å². The molecule has 0 fully saturated rings. The molecule has 0 aliphatic heterocycles.